The first-order chi connectivity index (χ1) is 5.61. The third-order valence-corrected chi connectivity index (χ3v) is 2.21. The Morgan fingerprint density at radius 3 is 2.50 bits per heavy atom. The van der Waals surface area contributed by atoms with Gasteiger partial charge in [-0.05, 0) is 31.3 Å². The minimum Gasteiger partial charge on any atom is -0.545 e. The predicted octanol–water partition coefficient (Wildman–Crippen LogP) is 1.51. The fourth-order valence-corrected chi connectivity index (χ4v) is 0.970. The maximum atomic E-state index is 10.5. The van der Waals surface area contributed by atoms with Gasteiger partial charge < -0.3 is 9.90 Å². The van der Waals surface area contributed by atoms with E-state index in [-0.39, 0.29) is 0 Å². The molecule has 0 aliphatic rings. The van der Waals surface area contributed by atoms with Crippen LogP contribution in [0.4, 0.5) is 0 Å². The molecule has 0 saturated carbocycles. The van der Waals surface area contributed by atoms with Crippen molar-refractivity contribution in [2.75, 3.05) is 0 Å². The fourth-order valence-electron chi connectivity index (χ4n) is 0.970. The van der Waals surface area contributed by atoms with Crippen LogP contribution in [0.2, 0.25) is 0 Å². The Bertz CT molecular complexity index is 171. The van der Waals surface area contributed by atoms with Crippen LogP contribution in [0.3, 0.4) is 0 Å². The van der Waals surface area contributed by atoms with Crippen molar-refractivity contribution >= 4 is 5.97 Å². The van der Waals surface area contributed by atoms with E-state index in [2.05, 4.69) is 13.8 Å². The van der Waals surface area contributed by atoms with E-state index in [1.165, 1.54) is 0 Å². The molecular formula is C10H17O2-. The van der Waals surface area contributed by atoms with Gasteiger partial charge in [-0.25, -0.2) is 0 Å². The van der Waals surface area contributed by atoms with Gasteiger partial charge in [0.25, 0.3) is 0 Å². The molecule has 2 nitrogen and oxygen atoms in total. The van der Waals surface area contributed by atoms with E-state index < -0.39 is 5.97 Å². The van der Waals surface area contributed by atoms with Crippen LogP contribution in [0.15, 0.2) is 11.6 Å². The smallest absolute Gasteiger partial charge is 0.0671 e. The van der Waals surface area contributed by atoms with Gasteiger partial charge in [0.15, 0.2) is 0 Å². The first-order valence-electron chi connectivity index (χ1n) is 4.48. The average molecular weight is 169 g/mol. The Kier molecular flexibility index (Phi) is 5.43. The molecule has 0 aliphatic heterocycles. The van der Waals surface area contributed by atoms with E-state index in [1.807, 2.05) is 0 Å². The second-order valence-corrected chi connectivity index (χ2v) is 3.15. The second kappa shape index (κ2) is 5.81. The molecule has 0 aromatic heterocycles. The van der Waals surface area contributed by atoms with Crippen LogP contribution in [0, 0.1) is 5.92 Å². The van der Waals surface area contributed by atoms with E-state index in [0.717, 1.165) is 12.8 Å². The zero-order chi connectivity index (χ0) is 9.56. The highest BCUT2D eigenvalue weighted by Gasteiger charge is 2.01. The minimum absolute atomic E-state index is 0.426. The van der Waals surface area contributed by atoms with E-state index in [1.54, 1.807) is 13.0 Å². The van der Waals surface area contributed by atoms with Crippen LogP contribution in [0.5, 0.6) is 0 Å². The van der Waals surface area contributed by atoms with Crippen LogP contribution in [0.1, 0.15) is 40.0 Å². The van der Waals surface area contributed by atoms with Crippen molar-refractivity contribution in [3.63, 3.8) is 0 Å². The number of rotatable bonds is 5. The summed E-state index contributed by atoms with van der Waals surface area (Å²) in [4.78, 5) is 10.5. The number of hydrogen-bond acceptors (Lipinski definition) is 2. The molecule has 70 valence electrons. The lowest BCUT2D eigenvalue weighted by Gasteiger charge is -2.11. The van der Waals surface area contributed by atoms with Gasteiger partial charge in [-0.1, -0.05) is 26.3 Å². The predicted molar refractivity (Wildman–Crippen MR) is 47.5 cm³/mol. The average Bonchev–Trinajstić information content (AvgIpc) is 2.04. The molecule has 0 heterocycles. The van der Waals surface area contributed by atoms with Gasteiger partial charge in [0.05, 0.1) is 5.97 Å². The van der Waals surface area contributed by atoms with E-state index in [0.29, 0.717) is 17.9 Å². The highest BCUT2D eigenvalue weighted by atomic mass is 16.4. The molecule has 0 aliphatic carbocycles. The summed E-state index contributed by atoms with van der Waals surface area (Å²) in [6, 6.07) is 0. The van der Waals surface area contributed by atoms with Gasteiger partial charge in [-0.3, -0.25) is 0 Å². The zero-order valence-corrected chi connectivity index (χ0v) is 8.09. The molecule has 1 unspecified atom stereocenters. The minimum atomic E-state index is -1.03. The molecule has 0 aromatic carbocycles. The molecule has 0 fully saturated rings. The summed E-state index contributed by atoms with van der Waals surface area (Å²) in [6.07, 6.45) is 4.29. The largest absolute Gasteiger partial charge is 0.545 e. The molecular weight excluding hydrogens is 152 g/mol. The molecule has 0 aromatic rings. The summed E-state index contributed by atoms with van der Waals surface area (Å²) in [5, 5.41) is 10.5. The topological polar surface area (TPSA) is 40.1 Å². The van der Waals surface area contributed by atoms with Gasteiger partial charge in [0, 0.05) is 0 Å². The lowest BCUT2D eigenvalue weighted by atomic mass is 9.99. The first-order valence-corrected chi connectivity index (χ1v) is 4.48. The van der Waals surface area contributed by atoms with Gasteiger partial charge in [0.2, 0.25) is 0 Å². The van der Waals surface area contributed by atoms with E-state index >= 15 is 0 Å². The van der Waals surface area contributed by atoms with Crippen LogP contribution in [-0.2, 0) is 4.79 Å². The standard InChI is InChI=1S/C10H18O2/c1-4-8(3)6-7-9(5-2)10(11)12/h5,8H,4,6-7H2,1-3H3,(H,11,12)/p-1/b9-5+. The van der Waals surface area contributed by atoms with E-state index in [9.17, 15) is 9.90 Å². The van der Waals surface area contributed by atoms with Crippen molar-refractivity contribution in [3.05, 3.63) is 11.6 Å². The van der Waals surface area contributed by atoms with Gasteiger partial charge in [-0.15, -0.1) is 0 Å². The van der Waals surface area contributed by atoms with Crippen molar-refractivity contribution in [3.8, 4) is 0 Å². The zero-order valence-electron chi connectivity index (χ0n) is 8.09. The molecule has 0 saturated heterocycles. The molecule has 0 radical (unpaired) electrons. The Hall–Kier alpha value is -0.790. The van der Waals surface area contributed by atoms with Crippen molar-refractivity contribution in [2.24, 2.45) is 5.92 Å². The molecule has 2 heteroatoms. The summed E-state index contributed by atoms with van der Waals surface area (Å²) in [5.74, 6) is -0.430. The summed E-state index contributed by atoms with van der Waals surface area (Å²) in [6.45, 7) is 5.98. The number of allylic oxidation sites excluding steroid dienone is 1. The lowest BCUT2D eigenvalue weighted by molar-refractivity contribution is -0.299. The lowest BCUT2D eigenvalue weighted by Crippen LogP contribution is -2.24. The van der Waals surface area contributed by atoms with E-state index in [4.69, 9.17) is 0 Å². The number of carbonyl (C=O) groups excluding carboxylic acids is 1. The van der Waals surface area contributed by atoms with Gasteiger partial charge in [0.1, 0.15) is 0 Å². The van der Waals surface area contributed by atoms with Gasteiger partial charge >= 0.3 is 0 Å². The number of carboxylic acids is 1. The Morgan fingerprint density at radius 2 is 2.17 bits per heavy atom. The summed E-state index contributed by atoms with van der Waals surface area (Å²) < 4.78 is 0. The highest BCUT2D eigenvalue weighted by molar-refractivity contribution is 5.84. The monoisotopic (exact) mass is 169 g/mol. The summed E-state index contributed by atoms with van der Waals surface area (Å²) in [7, 11) is 0. The Balaban J connectivity index is 3.83. The number of hydrogen-bond donors (Lipinski definition) is 0. The van der Waals surface area contributed by atoms with Crippen LogP contribution in [-0.4, -0.2) is 5.97 Å². The van der Waals surface area contributed by atoms with Crippen molar-refractivity contribution in [1.29, 1.82) is 0 Å². The SMILES string of the molecule is C/C=C(\CCC(C)CC)C(=O)[O-]. The van der Waals surface area contributed by atoms with Crippen molar-refractivity contribution in [1.82, 2.24) is 0 Å². The summed E-state index contributed by atoms with van der Waals surface area (Å²) >= 11 is 0. The molecule has 1 atom stereocenters. The normalized spacial score (nSPS) is 14.4. The Morgan fingerprint density at radius 1 is 1.58 bits per heavy atom. The van der Waals surface area contributed by atoms with Crippen LogP contribution < -0.4 is 5.11 Å². The van der Waals surface area contributed by atoms with Crippen LogP contribution >= 0.6 is 0 Å². The highest BCUT2D eigenvalue weighted by Crippen LogP contribution is 2.13. The number of aliphatic carboxylic acids is 1. The molecule has 0 N–H and O–H groups in total. The fraction of sp³-hybridized carbons (Fsp3) is 0.700. The van der Waals surface area contributed by atoms with Crippen molar-refractivity contribution in [2.45, 2.75) is 40.0 Å². The maximum Gasteiger partial charge on any atom is 0.0671 e. The number of carbonyl (C=O) groups is 1. The van der Waals surface area contributed by atoms with Gasteiger partial charge in [-0.2, -0.15) is 0 Å². The molecule has 0 amide bonds. The van der Waals surface area contributed by atoms with Crippen molar-refractivity contribution < 1.29 is 9.90 Å². The first kappa shape index (κ1) is 11.2. The second-order valence-electron chi connectivity index (χ2n) is 3.15. The van der Waals surface area contributed by atoms with Crippen LogP contribution in [0.25, 0.3) is 0 Å². The molecule has 0 spiro atoms. The molecule has 0 rings (SSSR count). The quantitative estimate of drug-likeness (QED) is 0.585. The third-order valence-electron chi connectivity index (χ3n) is 2.21. The number of carboxylic acid groups (broad SMARTS) is 1. The molecule has 0 bridgehead atoms. The maximum absolute atomic E-state index is 10.5. The molecule has 12 heavy (non-hydrogen) atoms. The third kappa shape index (κ3) is 4.16. The Labute approximate surface area is 74.3 Å². The summed E-state index contributed by atoms with van der Waals surface area (Å²) in [5.41, 5.74) is 0.426.